The van der Waals surface area contributed by atoms with E-state index in [-0.39, 0.29) is 5.97 Å². The van der Waals surface area contributed by atoms with Gasteiger partial charge in [0.2, 0.25) is 0 Å². The molecule has 1 heterocycles. The molecule has 1 aromatic carbocycles. The van der Waals surface area contributed by atoms with Crippen molar-refractivity contribution in [2.45, 2.75) is 45.6 Å². The number of nitrogens with zero attached hydrogens (tertiary/aromatic N) is 2. The van der Waals surface area contributed by atoms with Crippen LogP contribution in [0.4, 0.5) is 0 Å². The van der Waals surface area contributed by atoms with Crippen LogP contribution in [0.2, 0.25) is 0 Å². The van der Waals surface area contributed by atoms with E-state index in [1.54, 1.807) is 0 Å². The van der Waals surface area contributed by atoms with E-state index in [1.807, 2.05) is 23.7 Å². The Hall–Kier alpha value is -1.62. The molecule has 2 aromatic rings. The normalized spacial score (nSPS) is 14.0. The molecule has 0 saturated heterocycles. The Bertz CT molecular complexity index is 703. The number of rotatable bonds is 6. The van der Waals surface area contributed by atoms with Gasteiger partial charge in [0, 0.05) is 23.4 Å². The minimum Gasteiger partial charge on any atom is -0.462 e. The van der Waals surface area contributed by atoms with Crippen molar-refractivity contribution < 1.29 is 9.53 Å². The van der Waals surface area contributed by atoms with Gasteiger partial charge in [-0.2, -0.15) is 5.10 Å². The van der Waals surface area contributed by atoms with Crippen molar-refractivity contribution >= 4 is 21.9 Å². The average molecular weight is 377 g/mol. The van der Waals surface area contributed by atoms with Gasteiger partial charge in [-0.15, -0.1) is 0 Å². The molecule has 0 bridgehead atoms. The second-order valence-corrected chi connectivity index (χ2v) is 6.74. The number of carbonyl (C=O) groups excluding carboxylic acids is 1. The number of ether oxygens (including phenoxy) is 1. The zero-order valence-electron chi connectivity index (χ0n) is 13.5. The molecule has 23 heavy (non-hydrogen) atoms. The molecule has 1 aromatic heterocycles. The van der Waals surface area contributed by atoms with Gasteiger partial charge in [-0.1, -0.05) is 28.1 Å². The van der Waals surface area contributed by atoms with E-state index in [0.29, 0.717) is 24.5 Å². The van der Waals surface area contributed by atoms with E-state index in [2.05, 4.69) is 35.0 Å². The second-order valence-electron chi connectivity index (χ2n) is 5.82. The van der Waals surface area contributed by atoms with E-state index in [9.17, 15) is 4.79 Å². The summed E-state index contributed by atoms with van der Waals surface area (Å²) in [6.07, 6.45) is 2.92. The van der Waals surface area contributed by atoms with Crippen LogP contribution in [0.15, 0.2) is 28.7 Å². The predicted molar refractivity (Wildman–Crippen MR) is 92.8 cm³/mol. The number of hydrogen-bond donors (Lipinski definition) is 0. The lowest BCUT2D eigenvalue weighted by Crippen LogP contribution is -2.11. The molecule has 0 unspecified atom stereocenters. The number of carbonyl (C=O) groups is 1. The molecule has 122 valence electrons. The van der Waals surface area contributed by atoms with Crippen LogP contribution in [0.1, 0.15) is 59.9 Å². The molecule has 0 N–H and O–H groups in total. The van der Waals surface area contributed by atoms with Gasteiger partial charge in [0.1, 0.15) is 5.56 Å². The van der Waals surface area contributed by atoms with E-state index in [0.717, 1.165) is 40.8 Å². The van der Waals surface area contributed by atoms with E-state index in [4.69, 9.17) is 9.84 Å². The summed E-state index contributed by atoms with van der Waals surface area (Å²) >= 11 is 3.46. The fraction of sp³-hybridized carbons (Fsp3) is 0.444. The fourth-order valence-electron chi connectivity index (χ4n) is 2.82. The lowest BCUT2D eigenvalue weighted by atomic mass is 10.0. The first kappa shape index (κ1) is 16.2. The molecule has 0 radical (unpaired) electrons. The zero-order valence-corrected chi connectivity index (χ0v) is 15.1. The second kappa shape index (κ2) is 6.87. The zero-order chi connectivity index (χ0) is 16.4. The first-order chi connectivity index (χ1) is 11.1. The van der Waals surface area contributed by atoms with Crippen molar-refractivity contribution in [3.8, 4) is 0 Å². The van der Waals surface area contributed by atoms with Crippen LogP contribution < -0.4 is 0 Å². The third kappa shape index (κ3) is 3.50. The van der Waals surface area contributed by atoms with E-state index in [1.165, 1.54) is 0 Å². The first-order valence-electron chi connectivity index (χ1n) is 8.15. The maximum Gasteiger partial charge on any atom is 0.341 e. The number of aryl methyl sites for hydroxylation is 1. The molecule has 0 amide bonds. The Balaban J connectivity index is 2.01. The number of hydrogen-bond acceptors (Lipinski definition) is 3. The summed E-state index contributed by atoms with van der Waals surface area (Å²) < 4.78 is 8.31. The summed E-state index contributed by atoms with van der Waals surface area (Å²) in [6, 6.07) is 8.19. The van der Waals surface area contributed by atoms with Crippen molar-refractivity contribution in [1.82, 2.24) is 9.78 Å². The van der Waals surface area contributed by atoms with Crippen molar-refractivity contribution in [1.29, 1.82) is 0 Å². The van der Waals surface area contributed by atoms with Crippen LogP contribution in [-0.2, 0) is 17.7 Å². The molecule has 4 nitrogen and oxygen atoms in total. The van der Waals surface area contributed by atoms with Crippen LogP contribution in [0, 0.1) is 0 Å². The summed E-state index contributed by atoms with van der Waals surface area (Å²) in [5, 5.41) is 4.71. The molecule has 0 spiro atoms. The Kier molecular flexibility index (Phi) is 4.85. The highest BCUT2D eigenvalue weighted by atomic mass is 79.9. The number of halogens is 1. The maximum atomic E-state index is 12.5. The highest BCUT2D eigenvalue weighted by Gasteiger charge is 2.34. The Morgan fingerprint density at radius 1 is 1.30 bits per heavy atom. The van der Waals surface area contributed by atoms with Crippen molar-refractivity contribution in [2.75, 3.05) is 6.61 Å². The van der Waals surface area contributed by atoms with Gasteiger partial charge in [0.25, 0.3) is 0 Å². The molecule has 0 aliphatic heterocycles. The Morgan fingerprint density at radius 3 is 2.57 bits per heavy atom. The van der Waals surface area contributed by atoms with Crippen LogP contribution in [0.3, 0.4) is 0 Å². The average Bonchev–Trinajstić information content (AvgIpc) is 3.32. The Labute approximate surface area is 145 Å². The van der Waals surface area contributed by atoms with Crippen LogP contribution in [0.5, 0.6) is 0 Å². The van der Waals surface area contributed by atoms with Gasteiger partial charge < -0.3 is 4.74 Å². The summed E-state index contributed by atoms with van der Waals surface area (Å²) in [4.78, 5) is 12.5. The maximum absolute atomic E-state index is 12.5. The van der Waals surface area contributed by atoms with E-state index < -0.39 is 0 Å². The summed E-state index contributed by atoms with van der Waals surface area (Å²) in [5.41, 5.74) is 3.75. The molecular formula is C18H21BrN2O2. The van der Waals surface area contributed by atoms with Crippen LogP contribution in [-0.4, -0.2) is 22.4 Å². The van der Waals surface area contributed by atoms with Gasteiger partial charge in [-0.05, 0) is 44.4 Å². The molecule has 1 aliphatic rings. The molecule has 3 rings (SSSR count). The topological polar surface area (TPSA) is 44.1 Å². The third-order valence-electron chi connectivity index (χ3n) is 4.11. The van der Waals surface area contributed by atoms with Crippen molar-refractivity contribution in [3.63, 3.8) is 0 Å². The molecule has 1 saturated carbocycles. The third-order valence-corrected chi connectivity index (χ3v) is 4.64. The lowest BCUT2D eigenvalue weighted by Gasteiger charge is -2.08. The number of benzene rings is 1. The molecule has 5 heteroatoms. The molecule has 0 atom stereocenters. The van der Waals surface area contributed by atoms with Gasteiger partial charge in [-0.25, -0.2) is 4.79 Å². The highest BCUT2D eigenvalue weighted by molar-refractivity contribution is 9.10. The minimum absolute atomic E-state index is 0.235. The van der Waals surface area contributed by atoms with Gasteiger partial charge in [-0.3, -0.25) is 4.68 Å². The number of esters is 1. The minimum atomic E-state index is -0.235. The van der Waals surface area contributed by atoms with Crippen LogP contribution in [0.25, 0.3) is 0 Å². The highest BCUT2D eigenvalue weighted by Crippen LogP contribution is 2.42. The first-order valence-corrected chi connectivity index (χ1v) is 8.94. The standard InChI is InChI=1S/C18H21BrN2O2/c1-3-21-15(11-12-5-9-14(19)10-6-12)16(18(22)23-4-2)17(20-21)13-7-8-13/h5-6,9-10,13H,3-4,7-8,11H2,1-2H3. The van der Waals surface area contributed by atoms with Crippen molar-refractivity contribution in [2.24, 2.45) is 0 Å². The molecular weight excluding hydrogens is 356 g/mol. The monoisotopic (exact) mass is 376 g/mol. The smallest absolute Gasteiger partial charge is 0.341 e. The quantitative estimate of drug-likeness (QED) is 0.705. The van der Waals surface area contributed by atoms with E-state index >= 15 is 0 Å². The lowest BCUT2D eigenvalue weighted by molar-refractivity contribution is 0.0523. The SMILES string of the molecule is CCOC(=O)c1c(C2CC2)nn(CC)c1Cc1ccc(Br)cc1. The van der Waals surface area contributed by atoms with Gasteiger partial charge >= 0.3 is 5.97 Å². The summed E-state index contributed by atoms with van der Waals surface area (Å²) in [5.74, 6) is 0.187. The Morgan fingerprint density at radius 2 is 2.00 bits per heavy atom. The largest absolute Gasteiger partial charge is 0.462 e. The van der Waals surface area contributed by atoms with Gasteiger partial charge in [0.05, 0.1) is 18.0 Å². The van der Waals surface area contributed by atoms with Crippen molar-refractivity contribution in [3.05, 3.63) is 51.3 Å². The summed E-state index contributed by atoms with van der Waals surface area (Å²) in [7, 11) is 0. The number of aromatic nitrogens is 2. The van der Waals surface area contributed by atoms with Gasteiger partial charge in [0.15, 0.2) is 0 Å². The summed E-state index contributed by atoms with van der Waals surface area (Å²) in [6.45, 7) is 5.04. The molecule has 1 fully saturated rings. The van der Waals surface area contributed by atoms with Crippen LogP contribution >= 0.6 is 15.9 Å². The fourth-order valence-corrected chi connectivity index (χ4v) is 3.09. The predicted octanol–water partition coefficient (Wildman–Crippen LogP) is 4.31. The molecule has 1 aliphatic carbocycles.